The molecule has 6 N–H and O–H groups in total. The van der Waals surface area contributed by atoms with Gasteiger partial charge in [-0.3, -0.25) is 0 Å². The Hall–Kier alpha value is -2.03. The Morgan fingerprint density at radius 3 is 2.78 bits per heavy atom. The molecule has 18 heavy (non-hydrogen) atoms. The van der Waals surface area contributed by atoms with E-state index in [1.165, 1.54) is 4.90 Å². The molecule has 100 valence electrons. The number of carbonyl (C=O) groups excluding carboxylic acids is 3. The number of hydrogen-bond acceptors (Lipinski definition) is 4. The van der Waals surface area contributed by atoms with Crippen LogP contribution in [0, 0.1) is 0 Å². The zero-order chi connectivity index (χ0) is 13.3. The molecule has 0 aromatic heterocycles. The summed E-state index contributed by atoms with van der Waals surface area (Å²) in [7, 11) is 0. The molecule has 2 heterocycles. The van der Waals surface area contributed by atoms with E-state index < -0.39 is 24.3 Å². The van der Waals surface area contributed by atoms with Gasteiger partial charge in [-0.05, 0) is 6.42 Å². The highest BCUT2D eigenvalue weighted by Crippen LogP contribution is 2.14. The van der Waals surface area contributed by atoms with Crippen molar-refractivity contribution in [3.63, 3.8) is 0 Å². The Morgan fingerprint density at radius 1 is 1.39 bits per heavy atom. The first-order valence-electron chi connectivity index (χ1n) is 5.67. The standard InChI is InChI=1S/C9H15N5O4/c10-4(7(15)16)2-1-3-14-6-5(12-9(14)18)11-8(17)13-6/h4-6H,1-3,10H2,(H,12,18)(H,15,16)(H2,11,13,17)/t4-,5+,6-/m1/s1. The minimum atomic E-state index is -1.20. The van der Waals surface area contributed by atoms with E-state index in [0.29, 0.717) is 19.4 Å². The molecule has 2 aliphatic rings. The highest BCUT2D eigenvalue weighted by molar-refractivity contribution is 5.84. The lowest BCUT2D eigenvalue weighted by Crippen LogP contribution is -2.68. The molecule has 2 rings (SSSR count). The number of nitrogens with zero attached hydrogens (tertiary/aromatic N) is 1. The molecule has 2 fully saturated rings. The molecule has 3 atom stereocenters. The maximum Gasteiger partial charge on any atom is 0.320 e. The van der Waals surface area contributed by atoms with Gasteiger partial charge in [0.2, 0.25) is 0 Å². The van der Waals surface area contributed by atoms with E-state index >= 15 is 0 Å². The van der Waals surface area contributed by atoms with Crippen molar-refractivity contribution >= 4 is 18.0 Å². The molecule has 9 heteroatoms. The van der Waals surface area contributed by atoms with Crippen molar-refractivity contribution in [2.45, 2.75) is 31.2 Å². The van der Waals surface area contributed by atoms with Crippen molar-refractivity contribution in [3.05, 3.63) is 0 Å². The first-order valence-corrected chi connectivity index (χ1v) is 5.67. The average molecular weight is 257 g/mol. The molecular weight excluding hydrogens is 242 g/mol. The Kier molecular flexibility index (Phi) is 3.24. The first kappa shape index (κ1) is 12.4. The molecule has 9 nitrogen and oxygen atoms in total. The van der Waals surface area contributed by atoms with Crippen LogP contribution in [-0.2, 0) is 4.79 Å². The molecule has 0 spiro atoms. The lowest BCUT2D eigenvalue weighted by molar-refractivity contribution is -0.438. The van der Waals surface area contributed by atoms with Crippen LogP contribution in [0.2, 0.25) is 0 Å². The monoisotopic (exact) mass is 257 g/mol. The average Bonchev–Trinajstić information content (AvgIpc) is 2.76. The van der Waals surface area contributed by atoms with Crippen molar-refractivity contribution in [1.82, 2.24) is 20.9 Å². The van der Waals surface area contributed by atoms with Crippen LogP contribution in [0.15, 0.2) is 0 Å². The minimum absolute atomic E-state index is 0.286. The predicted octanol–water partition coefficient (Wildman–Crippen LogP) is -3.88. The Morgan fingerprint density at radius 2 is 2.11 bits per heavy atom. The van der Waals surface area contributed by atoms with Crippen molar-refractivity contribution < 1.29 is 25.2 Å². The van der Waals surface area contributed by atoms with E-state index in [1.54, 1.807) is 0 Å². The van der Waals surface area contributed by atoms with Crippen LogP contribution in [0.5, 0.6) is 0 Å². The molecule has 0 aromatic carbocycles. The van der Waals surface area contributed by atoms with Crippen molar-refractivity contribution in [2.24, 2.45) is 0 Å². The van der Waals surface area contributed by atoms with Crippen molar-refractivity contribution in [3.8, 4) is 0 Å². The SMILES string of the molecule is [NH3+][C@H](CCCN1C(=O)N[C@@H]2NC(=O)N[C@@H]21)C(=O)[O-]. The largest absolute Gasteiger partial charge is 0.544 e. The van der Waals surface area contributed by atoms with Crippen LogP contribution >= 0.6 is 0 Å². The number of carboxylic acid groups (broad SMARTS) is 1. The van der Waals surface area contributed by atoms with E-state index in [0.717, 1.165) is 0 Å². The maximum absolute atomic E-state index is 11.6. The second kappa shape index (κ2) is 4.69. The third-order valence-electron chi connectivity index (χ3n) is 3.04. The van der Waals surface area contributed by atoms with Gasteiger partial charge in [0.1, 0.15) is 18.4 Å². The van der Waals surface area contributed by atoms with Gasteiger partial charge in [-0.1, -0.05) is 0 Å². The topological polar surface area (TPSA) is 141 Å². The van der Waals surface area contributed by atoms with Crippen LogP contribution < -0.4 is 26.8 Å². The van der Waals surface area contributed by atoms with Crippen LogP contribution in [0.4, 0.5) is 9.59 Å². The molecule has 0 aromatic rings. The molecule has 0 aliphatic carbocycles. The third-order valence-corrected chi connectivity index (χ3v) is 3.04. The molecule has 0 bridgehead atoms. The predicted molar refractivity (Wildman–Crippen MR) is 55.4 cm³/mol. The van der Waals surface area contributed by atoms with Gasteiger partial charge in [-0.25, -0.2) is 9.59 Å². The summed E-state index contributed by atoms with van der Waals surface area (Å²) in [6.07, 6.45) is -0.0441. The summed E-state index contributed by atoms with van der Waals surface area (Å²) in [5.41, 5.74) is 3.44. The van der Waals surface area contributed by atoms with Gasteiger partial charge in [-0.2, -0.15) is 0 Å². The summed E-state index contributed by atoms with van der Waals surface area (Å²) in [6, 6.07) is -1.41. The van der Waals surface area contributed by atoms with Gasteiger partial charge in [0, 0.05) is 13.0 Å². The fourth-order valence-corrected chi connectivity index (χ4v) is 2.06. The number of rotatable bonds is 5. The Labute approximate surface area is 103 Å². The summed E-state index contributed by atoms with van der Waals surface area (Å²) in [6.45, 7) is 0.355. The zero-order valence-corrected chi connectivity index (χ0v) is 9.64. The molecule has 2 aliphatic heterocycles. The van der Waals surface area contributed by atoms with Crippen LogP contribution in [-0.4, -0.2) is 47.8 Å². The molecule has 2 saturated heterocycles. The van der Waals surface area contributed by atoms with E-state index in [1.807, 2.05) is 0 Å². The van der Waals surface area contributed by atoms with Gasteiger partial charge in [0.05, 0.1) is 5.97 Å². The van der Waals surface area contributed by atoms with Crippen LogP contribution in [0.25, 0.3) is 0 Å². The number of urea groups is 2. The highest BCUT2D eigenvalue weighted by atomic mass is 16.4. The number of aliphatic carboxylic acids is 1. The van der Waals surface area contributed by atoms with Crippen molar-refractivity contribution in [2.75, 3.05) is 6.54 Å². The number of carbonyl (C=O) groups is 3. The summed E-state index contributed by atoms with van der Waals surface area (Å²) in [5, 5.41) is 18.2. The molecular formula is C9H15N5O4. The van der Waals surface area contributed by atoms with Crippen LogP contribution in [0.1, 0.15) is 12.8 Å². The van der Waals surface area contributed by atoms with Crippen LogP contribution in [0.3, 0.4) is 0 Å². The molecule has 0 saturated carbocycles. The summed E-state index contributed by atoms with van der Waals surface area (Å²) in [4.78, 5) is 34.6. The zero-order valence-electron chi connectivity index (χ0n) is 9.64. The molecule has 0 radical (unpaired) electrons. The lowest BCUT2D eigenvalue weighted by Gasteiger charge is -2.21. The maximum atomic E-state index is 11.6. The smallest absolute Gasteiger partial charge is 0.320 e. The summed E-state index contributed by atoms with van der Waals surface area (Å²) >= 11 is 0. The van der Waals surface area contributed by atoms with Gasteiger partial charge in [0.25, 0.3) is 0 Å². The van der Waals surface area contributed by atoms with E-state index in [9.17, 15) is 19.5 Å². The van der Waals surface area contributed by atoms with E-state index in [-0.39, 0.29) is 12.1 Å². The van der Waals surface area contributed by atoms with Gasteiger partial charge in [-0.15, -0.1) is 0 Å². The Balaban J connectivity index is 1.83. The quantitative estimate of drug-likeness (QED) is 0.399. The number of carboxylic acids is 1. The minimum Gasteiger partial charge on any atom is -0.544 e. The van der Waals surface area contributed by atoms with Gasteiger partial charge < -0.3 is 36.5 Å². The normalized spacial score (nSPS) is 27.3. The number of amides is 4. The van der Waals surface area contributed by atoms with E-state index in [4.69, 9.17) is 0 Å². The molecule has 4 amide bonds. The first-order chi connectivity index (χ1) is 8.49. The second-order valence-corrected chi connectivity index (χ2v) is 4.34. The third kappa shape index (κ3) is 2.30. The number of hydrogen-bond donors (Lipinski definition) is 4. The highest BCUT2D eigenvalue weighted by Gasteiger charge is 2.44. The van der Waals surface area contributed by atoms with Gasteiger partial charge >= 0.3 is 12.1 Å². The Bertz CT molecular complexity index is 387. The number of quaternary nitrogens is 1. The van der Waals surface area contributed by atoms with Crippen molar-refractivity contribution in [1.29, 1.82) is 0 Å². The lowest BCUT2D eigenvalue weighted by atomic mass is 10.1. The fourth-order valence-electron chi connectivity index (χ4n) is 2.06. The summed E-state index contributed by atoms with van der Waals surface area (Å²) < 4.78 is 0. The number of fused-ring (bicyclic) bond motifs is 1. The fraction of sp³-hybridized carbons (Fsp3) is 0.667. The number of nitrogens with one attached hydrogen (secondary N) is 3. The second-order valence-electron chi connectivity index (χ2n) is 4.34. The molecule has 0 unspecified atom stereocenters. The van der Waals surface area contributed by atoms with Gasteiger partial charge in [0.15, 0.2) is 0 Å². The van der Waals surface area contributed by atoms with E-state index in [2.05, 4.69) is 21.7 Å². The summed E-state index contributed by atoms with van der Waals surface area (Å²) in [5.74, 6) is -1.20.